The van der Waals surface area contributed by atoms with Gasteiger partial charge in [0.1, 0.15) is 0 Å². The zero-order chi connectivity index (χ0) is 17.3. The number of benzene rings is 1. The average Bonchev–Trinajstić information content (AvgIpc) is 2.48. The quantitative estimate of drug-likeness (QED) is 0.652. The molecule has 7 heteroatoms. The number of carbonyl (C=O) groups is 1. The second-order valence-corrected chi connectivity index (χ2v) is 7.95. The Labute approximate surface area is 144 Å². The molecule has 0 atom stereocenters. The topological polar surface area (TPSA) is 66.5 Å². The summed E-state index contributed by atoms with van der Waals surface area (Å²) in [6.07, 6.45) is 4.69. The largest absolute Gasteiger partial charge is 0.355 e. The van der Waals surface area contributed by atoms with Crippen LogP contribution in [0.15, 0.2) is 24.3 Å². The Morgan fingerprint density at radius 3 is 2.43 bits per heavy atom. The standard InChI is InChI=1S/C16H25ClN2O3S/c1-3-4-5-11-18-16(20)13-19(23(2,21)22)12-10-14-6-8-15(17)9-7-14/h6-9H,3-5,10-13H2,1-2H3,(H,18,20). The summed E-state index contributed by atoms with van der Waals surface area (Å²) in [6, 6.07) is 7.24. The highest BCUT2D eigenvalue weighted by Gasteiger charge is 2.19. The first kappa shape index (κ1) is 19.9. The smallest absolute Gasteiger partial charge is 0.235 e. The summed E-state index contributed by atoms with van der Waals surface area (Å²) in [4.78, 5) is 11.9. The van der Waals surface area contributed by atoms with Gasteiger partial charge in [-0.1, -0.05) is 43.5 Å². The molecule has 0 bridgehead atoms. The molecule has 0 fully saturated rings. The summed E-state index contributed by atoms with van der Waals surface area (Å²) in [5, 5.41) is 3.40. The Hall–Kier alpha value is -1.11. The molecule has 1 N–H and O–H groups in total. The number of nitrogens with one attached hydrogen (secondary N) is 1. The van der Waals surface area contributed by atoms with Crippen molar-refractivity contribution in [3.8, 4) is 0 Å². The van der Waals surface area contributed by atoms with E-state index < -0.39 is 10.0 Å². The van der Waals surface area contributed by atoms with Crippen LogP contribution in [0.2, 0.25) is 5.02 Å². The molecule has 130 valence electrons. The number of hydrogen-bond acceptors (Lipinski definition) is 3. The molecule has 0 aliphatic rings. The number of sulfonamides is 1. The van der Waals surface area contributed by atoms with Crippen LogP contribution in [-0.4, -0.2) is 44.5 Å². The fraction of sp³-hybridized carbons (Fsp3) is 0.562. The Bertz CT molecular complexity index is 588. The molecule has 0 saturated carbocycles. The Morgan fingerprint density at radius 2 is 1.87 bits per heavy atom. The summed E-state index contributed by atoms with van der Waals surface area (Å²) >= 11 is 5.83. The minimum atomic E-state index is -3.43. The summed E-state index contributed by atoms with van der Waals surface area (Å²) in [7, 11) is -3.43. The second kappa shape index (κ2) is 9.90. The third-order valence-corrected chi connectivity index (χ3v) is 4.96. The minimum Gasteiger partial charge on any atom is -0.355 e. The maximum Gasteiger partial charge on any atom is 0.235 e. The fourth-order valence-electron chi connectivity index (χ4n) is 2.09. The summed E-state index contributed by atoms with van der Waals surface area (Å²) < 4.78 is 24.9. The predicted molar refractivity (Wildman–Crippen MR) is 94.1 cm³/mol. The van der Waals surface area contributed by atoms with Crippen molar-refractivity contribution in [1.82, 2.24) is 9.62 Å². The fourth-order valence-corrected chi connectivity index (χ4v) is 2.99. The van der Waals surface area contributed by atoms with Crippen molar-refractivity contribution in [2.75, 3.05) is 25.9 Å². The molecule has 0 heterocycles. The molecule has 0 aromatic heterocycles. The van der Waals surface area contributed by atoms with Crippen molar-refractivity contribution in [1.29, 1.82) is 0 Å². The molecule has 1 aromatic rings. The van der Waals surface area contributed by atoms with E-state index in [1.807, 2.05) is 12.1 Å². The van der Waals surface area contributed by atoms with Gasteiger partial charge in [-0.15, -0.1) is 0 Å². The van der Waals surface area contributed by atoms with E-state index in [2.05, 4.69) is 12.2 Å². The Kier molecular flexibility index (Phi) is 8.58. The van der Waals surface area contributed by atoms with Crippen LogP contribution in [0.5, 0.6) is 0 Å². The van der Waals surface area contributed by atoms with E-state index in [-0.39, 0.29) is 19.0 Å². The van der Waals surface area contributed by atoms with E-state index in [1.54, 1.807) is 12.1 Å². The first-order valence-corrected chi connectivity index (χ1v) is 10.0. The molecule has 0 aliphatic heterocycles. The number of unbranched alkanes of at least 4 members (excludes halogenated alkanes) is 2. The lowest BCUT2D eigenvalue weighted by Gasteiger charge is -2.19. The highest BCUT2D eigenvalue weighted by molar-refractivity contribution is 7.88. The van der Waals surface area contributed by atoms with E-state index in [0.717, 1.165) is 31.1 Å². The average molecular weight is 361 g/mol. The summed E-state index contributed by atoms with van der Waals surface area (Å²) in [5.41, 5.74) is 0.978. The molecule has 5 nitrogen and oxygen atoms in total. The van der Waals surface area contributed by atoms with Crippen LogP contribution in [-0.2, 0) is 21.2 Å². The van der Waals surface area contributed by atoms with Crippen LogP contribution in [0.4, 0.5) is 0 Å². The lowest BCUT2D eigenvalue weighted by molar-refractivity contribution is -0.121. The van der Waals surface area contributed by atoms with Gasteiger partial charge in [0.2, 0.25) is 15.9 Å². The molecule has 0 saturated heterocycles. The highest BCUT2D eigenvalue weighted by atomic mass is 35.5. The SMILES string of the molecule is CCCCCNC(=O)CN(CCc1ccc(Cl)cc1)S(C)(=O)=O. The third kappa shape index (κ3) is 8.34. The van der Waals surface area contributed by atoms with Crippen molar-refractivity contribution in [3.63, 3.8) is 0 Å². The van der Waals surface area contributed by atoms with Gasteiger partial charge in [0.25, 0.3) is 0 Å². The van der Waals surface area contributed by atoms with Gasteiger partial charge in [-0.25, -0.2) is 8.42 Å². The van der Waals surface area contributed by atoms with Gasteiger partial charge in [-0.2, -0.15) is 4.31 Å². The number of carbonyl (C=O) groups excluding carboxylic acids is 1. The monoisotopic (exact) mass is 360 g/mol. The van der Waals surface area contributed by atoms with E-state index in [1.165, 1.54) is 4.31 Å². The summed E-state index contributed by atoms with van der Waals surface area (Å²) in [5.74, 6) is -0.261. The molecular weight excluding hydrogens is 336 g/mol. The zero-order valence-corrected chi connectivity index (χ0v) is 15.3. The van der Waals surface area contributed by atoms with E-state index in [9.17, 15) is 13.2 Å². The van der Waals surface area contributed by atoms with Crippen LogP contribution in [0, 0.1) is 0 Å². The molecule has 0 aliphatic carbocycles. The number of halogens is 1. The first-order valence-electron chi connectivity index (χ1n) is 7.79. The highest BCUT2D eigenvalue weighted by Crippen LogP contribution is 2.11. The Morgan fingerprint density at radius 1 is 1.22 bits per heavy atom. The van der Waals surface area contributed by atoms with Gasteiger partial charge in [0.05, 0.1) is 12.8 Å². The van der Waals surface area contributed by atoms with Gasteiger partial charge in [-0.05, 0) is 30.5 Å². The van der Waals surface area contributed by atoms with Crippen LogP contribution in [0.1, 0.15) is 31.7 Å². The number of nitrogens with zero attached hydrogens (tertiary/aromatic N) is 1. The van der Waals surface area contributed by atoms with Crippen molar-refractivity contribution in [3.05, 3.63) is 34.9 Å². The van der Waals surface area contributed by atoms with Crippen LogP contribution < -0.4 is 5.32 Å². The summed E-state index contributed by atoms with van der Waals surface area (Å²) in [6.45, 7) is 2.80. The number of amides is 1. The molecule has 1 rings (SSSR count). The lowest BCUT2D eigenvalue weighted by atomic mass is 10.1. The lowest BCUT2D eigenvalue weighted by Crippen LogP contribution is -2.41. The maximum atomic E-state index is 11.9. The van der Waals surface area contributed by atoms with Crippen molar-refractivity contribution in [2.24, 2.45) is 0 Å². The van der Waals surface area contributed by atoms with Gasteiger partial charge >= 0.3 is 0 Å². The zero-order valence-electron chi connectivity index (χ0n) is 13.7. The normalized spacial score (nSPS) is 11.7. The predicted octanol–water partition coefficient (Wildman–Crippen LogP) is 2.45. The molecule has 1 amide bonds. The molecule has 23 heavy (non-hydrogen) atoms. The molecule has 0 unspecified atom stereocenters. The minimum absolute atomic E-state index is 0.140. The van der Waals surface area contributed by atoms with Crippen LogP contribution in [0.25, 0.3) is 0 Å². The third-order valence-electron chi connectivity index (χ3n) is 3.45. The first-order chi connectivity index (χ1) is 10.8. The molecule has 1 aromatic carbocycles. The van der Waals surface area contributed by atoms with Gasteiger partial charge in [0.15, 0.2) is 0 Å². The van der Waals surface area contributed by atoms with Crippen molar-refractivity contribution >= 4 is 27.5 Å². The Balaban J connectivity index is 2.53. The van der Waals surface area contributed by atoms with E-state index in [4.69, 9.17) is 11.6 Å². The van der Waals surface area contributed by atoms with Crippen molar-refractivity contribution < 1.29 is 13.2 Å². The van der Waals surface area contributed by atoms with Crippen LogP contribution in [0.3, 0.4) is 0 Å². The number of rotatable bonds is 10. The van der Waals surface area contributed by atoms with Gasteiger partial charge < -0.3 is 5.32 Å². The van der Waals surface area contributed by atoms with Crippen molar-refractivity contribution in [2.45, 2.75) is 32.6 Å². The molecular formula is C16H25ClN2O3S. The number of hydrogen-bond donors (Lipinski definition) is 1. The van der Waals surface area contributed by atoms with Gasteiger partial charge in [-0.3, -0.25) is 4.79 Å². The van der Waals surface area contributed by atoms with Crippen LogP contribution >= 0.6 is 11.6 Å². The second-order valence-electron chi connectivity index (χ2n) is 5.53. The van der Waals surface area contributed by atoms with E-state index >= 15 is 0 Å². The van der Waals surface area contributed by atoms with E-state index in [0.29, 0.717) is 18.0 Å². The molecule has 0 spiro atoms. The molecule has 0 radical (unpaired) electrons. The maximum absolute atomic E-state index is 11.9. The van der Waals surface area contributed by atoms with Gasteiger partial charge in [0, 0.05) is 18.1 Å².